The highest BCUT2D eigenvalue weighted by molar-refractivity contribution is 5.39. The normalized spacial score (nSPS) is 22.5. The first-order valence-corrected chi connectivity index (χ1v) is 5.28. The fourth-order valence-corrected chi connectivity index (χ4v) is 2.20. The topological polar surface area (TPSA) is 27.7 Å². The summed E-state index contributed by atoms with van der Waals surface area (Å²) in [6, 6.07) is 6.22. The van der Waals surface area contributed by atoms with Crippen molar-refractivity contribution in [2.75, 3.05) is 19.8 Å². The van der Waals surface area contributed by atoms with Crippen LogP contribution in [0.4, 0.5) is 0 Å². The van der Waals surface area contributed by atoms with Gasteiger partial charge in [-0.05, 0) is 18.6 Å². The zero-order valence-electron chi connectivity index (χ0n) is 8.79. The van der Waals surface area contributed by atoms with Gasteiger partial charge in [0, 0.05) is 6.42 Å². The maximum Gasteiger partial charge on any atom is 0.207 e. The van der Waals surface area contributed by atoms with Crippen molar-refractivity contribution in [1.82, 2.24) is 0 Å². The van der Waals surface area contributed by atoms with Gasteiger partial charge in [0.2, 0.25) is 5.79 Å². The Labute approximate surface area is 89.0 Å². The van der Waals surface area contributed by atoms with E-state index in [1.165, 1.54) is 11.1 Å². The third-order valence-electron chi connectivity index (χ3n) is 2.94. The molecule has 80 valence electrons. The van der Waals surface area contributed by atoms with Crippen LogP contribution in [0.15, 0.2) is 18.2 Å². The summed E-state index contributed by atoms with van der Waals surface area (Å²) in [5.74, 6) is 0.450. The molecule has 3 rings (SSSR count). The molecule has 0 unspecified atom stereocenters. The third-order valence-corrected chi connectivity index (χ3v) is 2.94. The Hall–Kier alpha value is -1.06. The van der Waals surface area contributed by atoms with Crippen molar-refractivity contribution in [1.29, 1.82) is 0 Å². The van der Waals surface area contributed by atoms with Crippen LogP contribution in [-0.2, 0) is 15.9 Å². The average molecular weight is 206 g/mol. The molecule has 15 heavy (non-hydrogen) atoms. The lowest BCUT2D eigenvalue weighted by atomic mass is 10.00. The molecule has 3 heteroatoms. The van der Waals surface area contributed by atoms with Crippen LogP contribution in [0.3, 0.4) is 0 Å². The minimum Gasteiger partial charge on any atom is -0.488 e. The summed E-state index contributed by atoms with van der Waals surface area (Å²) < 4.78 is 16.9. The smallest absolute Gasteiger partial charge is 0.207 e. The second-order valence-corrected chi connectivity index (χ2v) is 4.18. The molecule has 1 aromatic rings. The molecule has 2 aliphatic rings. The molecule has 1 aromatic carbocycles. The predicted molar refractivity (Wildman–Crippen MR) is 55.0 cm³/mol. The first kappa shape index (κ1) is 9.19. The van der Waals surface area contributed by atoms with Crippen LogP contribution in [0.25, 0.3) is 0 Å². The Balaban J connectivity index is 1.94. The van der Waals surface area contributed by atoms with Gasteiger partial charge in [-0.2, -0.15) is 0 Å². The van der Waals surface area contributed by atoms with Gasteiger partial charge in [-0.1, -0.05) is 17.7 Å². The third kappa shape index (κ3) is 1.52. The van der Waals surface area contributed by atoms with Gasteiger partial charge in [0.05, 0.1) is 13.2 Å². The van der Waals surface area contributed by atoms with Gasteiger partial charge in [0.25, 0.3) is 0 Å². The van der Waals surface area contributed by atoms with Crippen LogP contribution in [0.1, 0.15) is 11.1 Å². The van der Waals surface area contributed by atoms with Crippen LogP contribution in [-0.4, -0.2) is 25.6 Å². The fourth-order valence-electron chi connectivity index (χ4n) is 2.20. The largest absolute Gasteiger partial charge is 0.488 e. The van der Waals surface area contributed by atoms with Gasteiger partial charge in [0.15, 0.2) is 0 Å². The minimum atomic E-state index is -0.513. The second kappa shape index (κ2) is 3.22. The van der Waals surface area contributed by atoms with E-state index in [2.05, 4.69) is 19.1 Å². The van der Waals surface area contributed by atoms with Gasteiger partial charge in [0.1, 0.15) is 12.4 Å². The number of hydrogen-bond donors (Lipinski definition) is 0. The van der Waals surface area contributed by atoms with Crippen LogP contribution in [0.5, 0.6) is 5.75 Å². The Kier molecular flexibility index (Phi) is 1.97. The number of benzene rings is 1. The molecule has 1 saturated heterocycles. The molecule has 0 aromatic heterocycles. The van der Waals surface area contributed by atoms with E-state index in [-0.39, 0.29) is 0 Å². The minimum absolute atomic E-state index is 0.503. The molecular formula is C12H14O3. The van der Waals surface area contributed by atoms with Gasteiger partial charge in [-0.25, -0.2) is 0 Å². The summed E-state index contributed by atoms with van der Waals surface area (Å²) in [7, 11) is 0. The zero-order chi connectivity index (χ0) is 10.3. The van der Waals surface area contributed by atoms with Crippen molar-refractivity contribution in [2.24, 2.45) is 0 Å². The highest BCUT2D eigenvalue weighted by Crippen LogP contribution is 2.34. The molecule has 0 saturated carbocycles. The lowest BCUT2D eigenvalue weighted by Crippen LogP contribution is -2.42. The quantitative estimate of drug-likeness (QED) is 0.646. The molecule has 2 heterocycles. The molecular weight excluding hydrogens is 192 g/mol. The van der Waals surface area contributed by atoms with E-state index in [1.807, 2.05) is 6.07 Å². The number of aryl methyl sites for hydroxylation is 1. The predicted octanol–water partition coefficient (Wildman–Crippen LogP) is 1.67. The number of rotatable bonds is 0. The Morgan fingerprint density at radius 2 is 2.00 bits per heavy atom. The molecule has 0 amide bonds. The molecule has 0 N–H and O–H groups in total. The average Bonchev–Trinajstić information content (AvgIpc) is 2.66. The van der Waals surface area contributed by atoms with Gasteiger partial charge >= 0.3 is 0 Å². The van der Waals surface area contributed by atoms with E-state index >= 15 is 0 Å². The lowest BCUT2D eigenvalue weighted by Gasteiger charge is -2.32. The maximum atomic E-state index is 5.67. The van der Waals surface area contributed by atoms with E-state index in [0.29, 0.717) is 19.8 Å². The van der Waals surface area contributed by atoms with E-state index < -0.39 is 5.79 Å². The summed E-state index contributed by atoms with van der Waals surface area (Å²) in [4.78, 5) is 0. The van der Waals surface area contributed by atoms with E-state index in [0.717, 1.165) is 12.2 Å². The van der Waals surface area contributed by atoms with E-state index in [9.17, 15) is 0 Å². The first-order chi connectivity index (χ1) is 7.27. The van der Waals surface area contributed by atoms with Crippen LogP contribution < -0.4 is 4.74 Å². The molecule has 1 spiro atoms. The highest BCUT2D eigenvalue weighted by atomic mass is 16.8. The number of hydrogen-bond acceptors (Lipinski definition) is 3. The molecule has 0 bridgehead atoms. The van der Waals surface area contributed by atoms with Gasteiger partial charge in [-0.15, -0.1) is 0 Å². The molecule has 0 aliphatic carbocycles. The van der Waals surface area contributed by atoms with Crippen molar-refractivity contribution in [3.05, 3.63) is 29.3 Å². The molecule has 0 radical (unpaired) electrons. The van der Waals surface area contributed by atoms with Crippen LogP contribution >= 0.6 is 0 Å². The van der Waals surface area contributed by atoms with Gasteiger partial charge in [-0.3, -0.25) is 0 Å². The summed E-state index contributed by atoms with van der Waals surface area (Å²) >= 11 is 0. The highest BCUT2D eigenvalue weighted by Gasteiger charge is 2.41. The molecule has 2 aliphatic heterocycles. The van der Waals surface area contributed by atoms with Crippen LogP contribution in [0.2, 0.25) is 0 Å². The maximum absolute atomic E-state index is 5.67. The summed E-state index contributed by atoms with van der Waals surface area (Å²) in [5, 5.41) is 0. The SMILES string of the molecule is Cc1ccc2c(c1)CC1(CO2)OCCO1. The van der Waals surface area contributed by atoms with Crippen molar-refractivity contribution < 1.29 is 14.2 Å². The molecule has 1 fully saturated rings. The van der Waals surface area contributed by atoms with E-state index in [4.69, 9.17) is 14.2 Å². The second-order valence-electron chi connectivity index (χ2n) is 4.18. The Bertz CT molecular complexity index is 380. The first-order valence-electron chi connectivity index (χ1n) is 5.28. The summed E-state index contributed by atoms with van der Waals surface area (Å²) in [6.45, 7) is 3.93. The number of ether oxygens (including phenoxy) is 3. The van der Waals surface area contributed by atoms with E-state index in [1.54, 1.807) is 0 Å². The zero-order valence-corrected chi connectivity index (χ0v) is 8.79. The number of fused-ring (bicyclic) bond motifs is 1. The monoisotopic (exact) mass is 206 g/mol. The fraction of sp³-hybridized carbons (Fsp3) is 0.500. The van der Waals surface area contributed by atoms with Crippen molar-refractivity contribution in [3.63, 3.8) is 0 Å². The standard InChI is InChI=1S/C12H14O3/c1-9-2-3-11-10(6-9)7-12(8-13-11)14-4-5-15-12/h2-3,6H,4-5,7-8H2,1H3. The van der Waals surface area contributed by atoms with Gasteiger partial charge < -0.3 is 14.2 Å². The Morgan fingerprint density at radius 1 is 1.20 bits per heavy atom. The molecule has 3 nitrogen and oxygen atoms in total. The Morgan fingerprint density at radius 3 is 2.80 bits per heavy atom. The van der Waals surface area contributed by atoms with Crippen molar-refractivity contribution in [3.8, 4) is 5.75 Å². The summed E-state index contributed by atoms with van der Waals surface area (Å²) in [6.07, 6.45) is 0.796. The molecule has 0 atom stereocenters. The lowest BCUT2D eigenvalue weighted by molar-refractivity contribution is -0.182. The van der Waals surface area contributed by atoms with Crippen molar-refractivity contribution in [2.45, 2.75) is 19.1 Å². The summed E-state index contributed by atoms with van der Waals surface area (Å²) in [5.41, 5.74) is 2.43. The van der Waals surface area contributed by atoms with Crippen molar-refractivity contribution >= 4 is 0 Å². The van der Waals surface area contributed by atoms with Crippen LogP contribution in [0, 0.1) is 6.92 Å².